The van der Waals surface area contributed by atoms with Crippen molar-refractivity contribution in [2.75, 3.05) is 52.9 Å². The first-order valence-corrected chi connectivity index (χ1v) is 10.4. The second-order valence-electron chi connectivity index (χ2n) is 8.16. The van der Waals surface area contributed by atoms with Crippen molar-refractivity contribution in [1.82, 2.24) is 20.4 Å². The highest BCUT2D eigenvalue weighted by Gasteiger charge is 2.17. The highest BCUT2D eigenvalue weighted by atomic mass is 127. The molecule has 0 amide bonds. The lowest BCUT2D eigenvalue weighted by Gasteiger charge is -2.35. The zero-order valence-corrected chi connectivity index (χ0v) is 20.4. The van der Waals surface area contributed by atoms with Crippen molar-refractivity contribution < 1.29 is 0 Å². The average molecular weight is 482 g/mol. The topological polar surface area (TPSA) is 42.9 Å². The number of guanidine groups is 1. The predicted molar refractivity (Wildman–Crippen MR) is 126 cm³/mol. The van der Waals surface area contributed by atoms with Crippen LogP contribution in [0.15, 0.2) is 4.99 Å². The number of halogens is 1. The predicted octanol–water partition coefficient (Wildman–Crippen LogP) is 3.26. The summed E-state index contributed by atoms with van der Waals surface area (Å²) in [5.74, 6) is 2.37. The first-order chi connectivity index (χ1) is 11.9. The highest BCUT2D eigenvalue weighted by Crippen LogP contribution is 2.08. The number of piperazine rings is 1. The molecule has 1 aliphatic rings. The maximum atomic E-state index is 4.39. The van der Waals surface area contributed by atoms with E-state index in [9.17, 15) is 0 Å². The molecular weight excluding hydrogens is 437 g/mol. The molecule has 1 rings (SSSR count). The van der Waals surface area contributed by atoms with Crippen molar-refractivity contribution in [3.63, 3.8) is 0 Å². The van der Waals surface area contributed by atoms with Gasteiger partial charge in [-0.2, -0.15) is 0 Å². The molecule has 1 heterocycles. The lowest BCUT2D eigenvalue weighted by Crippen LogP contribution is -2.49. The van der Waals surface area contributed by atoms with Crippen LogP contribution in [0.2, 0.25) is 0 Å². The normalized spacial score (nSPS) is 19.1. The molecule has 0 bridgehead atoms. The molecule has 0 spiro atoms. The van der Waals surface area contributed by atoms with Gasteiger partial charge in [-0.3, -0.25) is 4.99 Å². The fraction of sp³-hybridized carbons (Fsp3) is 0.950. The van der Waals surface area contributed by atoms with Gasteiger partial charge in [-0.25, -0.2) is 0 Å². The number of nitrogens with zero attached hydrogens (tertiary/aromatic N) is 3. The van der Waals surface area contributed by atoms with Crippen LogP contribution >= 0.6 is 24.0 Å². The smallest absolute Gasteiger partial charge is 0.191 e. The number of aliphatic imine (C=N–C) groups is 1. The number of likely N-dealkylation sites (N-methyl/N-ethyl adjacent to an activating group) is 1. The van der Waals surface area contributed by atoms with Crippen molar-refractivity contribution in [2.24, 2.45) is 16.8 Å². The van der Waals surface area contributed by atoms with Gasteiger partial charge >= 0.3 is 0 Å². The molecule has 0 aliphatic carbocycles. The van der Waals surface area contributed by atoms with E-state index in [0.717, 1.165) is 18.4 Å². The summed E-state index contributed by atoms with van der Waals surface area (Å²) in [5.41, 5.74) is 0. The maximum Gasteiger partial charge on any atom is 0.191 e. The molecule has 1 fully saturated rings. The van der Waals surface area contributed by atoms with Crippen molar-refractivity contribution in [3.8, 4) is 0 Å². The second-order valence-corrected chi connectivity index (χ2v) is 8.16. The Morgan fingerprint density at radius 3 is 2.15 bits per heavy atom. The molecule has 0 aromatic carbocycles. The van der Waals surface area contributed by atoms with Crippen LogP contribution in [0.25, 0.3) is 0 Å². The Morgan fingerprint density at radius 2 is 1.62 bits per heavy atom. The summed E-state index contributed by atoms with van der Waals surface area (Å²) in [7, 11) is 1.87. The van der Waals surface area contributed by atoms with Crippen molar-refractivity contribution in [1.29, 1.82) is 0 Å². The molecule has 5 nitrogen and oxygen atoms in total. The average Bonchev–Trinajstić information content (AvgIpc) is 2.58. The molecule has 2 N–H and O–H groups in total. The molecule has 1 saturated heterocycles. The van der Waals surface area contributed by atoms with Gasteiger partial charge in [-0.05, 0) is 31.7 Å². The molecule has 26 heavy (non-hydrogen) atoms. The lowest BCUT2D eigenvalue weighted by molar-refractivity contribution is 0.124. The van der Waals surface area contributed by atoms with Gasteiger partial charge in [0.25, 0.3) is 0 Å². The van der Waals surface area contributed by atoms with Crippen molar-refractivity contribution in [2.45, 2.75) is 59.9 Å². The quantitative estimate of drug-likeness (QED) is 0.286. The van der Waals surface area contributed by atoms with Crippen LogP contribution in [0.5, 0.6) is 0 Å². The van der Waals surface area contributed by atoms with Crippen LogP contribution in [-0.4, -0.2) is 74.7 Å². The zero-order valence-electron chi connectivity index (χ0n) is 18.1. The van der Waals surface area contributed by atoms with Crippen molar-refractivity contribution in [3.05, 3.63) is 0 Å². The van der Waals surface area contributed by atoms with Gasteiger partial charge in [0.15, 0.2) is 5.96 Å². The summed E-state index contributed by atoms with van der Waals surface area (Å²) in [6.45, 7) is 19.6. The zero-order chi connectivity index (χ0) is 18.7. The van der Waals surface area contributed by atoms with Gasteiger partial charge in [0.1, 0.15) is 0 Å². The van der Waals surface area contributed by atoms with Crippen LogP contribution in [0.3, 0.4) is 0 Å². The van der Waals surface area contributed by atoms with E-state index in [-0.39, 0.29) is 24.0 Å². The number of hydrogen-bond donors (Lipinski definition) is 2. The molecule has 6 heteroatoms. The van der Waals surface area contributed by atoms with Crippen LogP contribution in [0.1, 0.15) is 53.9 Å². The highest BCUT2D eigenvalue weighted by molar-refractivity contribution is 14.0. The summed E-state index contributed by atoms with van der Waals surface area (Å²) < 4.78 is 0. The van der Waals surface area contributed by atoms with Gasteiger partial charge < -0.3 is 20.4 Å². The van der Waals surface area contributed by atoms with Gasteiger partial charge in [0, 0.05) is 52.4 Å². The lowest BCUT2D eigenvalue weighted by atomic mass is 10.0. The first kappa shape index (κ1) is 25.9. The van der Waals surface area contributed by atoms with E-state index in [1.54, 1.807) is 0 Å². The van der Waals surface area contributed by atoms with E-state index in [2.05, 4.69) is 60.0 Å². The Hall–Kier alpha value is -0.0800. The Labute approximate surface area is 179 Å². The Bertz CT molecular complexity index is 367. The third-order valence-corrected chi connectivity index (χ3v) is 5.13. The molecule has 0 saturated carbocycles. The number of rotatable bonds is 10. The van der Waals surface area contributed by atoms with Crippen LogP contribution in [0, 0.1) is 11.8 Å². The van der Waals surface area contributed by atoms with Crippen molar-refractivity contribution >= 4 is 29.9 Å². The largest absolute Gasteiger partial charge is 0.356 e. The second kappa shape index (κ2) is 14.9. The molecule has 0 aromatic rings. The summed E-state index contributed by atoms with van der Waals surface area (Å²) >= 11 is 0. The standard InChI is InChI=1S/C20H43N5.HI/c1-7-24-11-13-25(14-12-24)16-18(4)15-22-20(21-6)23-19(5)10-8-9-17(2)3;/h17-19H,7-16H2,1-6H3,(H2,21,22,23);1H. The van der Waals surface area contributed by atoms with Gasteiger partial charge in [-0.15, -0.1) is 24.0 Å². The van der Waals surface area contributed by atoms with E-state index < -0.39 is 0 Å². The summed E-state index contributed by atoms with van der Waals surface area (Å²) in [6, 6.07) is 0.474. The van der Waals surface area contributed by atoms with E-state index in [0.29, 0.717) is 12.0 Å². The van der Waals surface area contributed by atoms with Gasteiger partial charge in [0.2, 0.25) is 0 Å². The van der Waals surface area contributed by atoms with E-state index >= 15 is 0 Å². The Kier molecular flexibility index (Phi) is 14.9. The molecule has 2 unspecified atom stereocenters. The third-order valence-electron chi connectivity index (χ3n) is 5.13. The monoisotopic (exact) mass is 481 g/mol. The maximum absolute atomic E-state index is 4.39. The molecule has 156 valence electrons. The third kappa shape index (κ3) is 11.6. The molecule has 2 atom stereocenters. The van der Waals surface area contributed by atoms with E-state index in [1.165, 1.54) is 58.5 Å². The number of nitrogens with one attached hydrogen (secondary N) is 2. The Morgan fingerprint density at radius 1 is 1.00 bits per heavy atom. The summed E-state index contributed by atoms with van der Waals surface area (Å²) in [5, 5.41) is 7.04. The summed E-state index contributed by atoms with van der Waals surface area (Å²) in [4.78, 5) is 9.52. The molecule has 1 aliphatic heterocycles. The minimum Gasteiger partial charge on any atom is -0.356 e. The van der Waals surface area contributed by atoms with Gasteiger partial charge in [-0.1, -0.05) is 40.5 Å². The van der Waals surface area contributed by atoms with Crippen LogP contribution in [0.4, 0.5) is 0 Å². The summed E-state index contributed by atoms with van der Waals surface area (Å²) in [6.07, 6.45) is 3.79. The van der Waals surface area contributed by atoms with Crippen LogP contribution < -0.4 is 10.6 Å². The van der Waals surface area contributed by atoms with E-state index in [1.807, 2.05) is 7.05 Å². The van der Waals surface area contributed by atoms with E-state index in [4.69, 9.17) is 0 Å². The molecule has 0 radical (unpaired) electrons. The fourth-order valence-corrected chi connectivity index (χ4v) is 3.40. The molecule has 0 aromatic heterocycles. The Balaban J connectivity index is 0.00000625. The fourth-order valence-electron chi connectivity index (χ4n) is 3.40. The minimum absolute atomic E-state index is 0. The first-order valence-electron chi connectivity index (χ1n) is 10.4. The van der Waals surface area contributed by atoms with Crippen LogP contribution in [-0.2, 0) is 0 Å². The minimum atomic E-state index is 0. The molecular formula is C20H44IN5. The number of hydrogen-bond acceptors (Lipinski definition) is 3. The van der Waals surface area contributed by atoms with Gasteiger partial charge in [0.05, 0.1) is 0 Å². The SMILES string of the molecule is CCN1CCN(CC(C)CNC(=NC)NC(C)CCCC(C)C)CC1.I.